The number of allylic oxidation sites excluding steroid dienone is 6. The van der Waals surface area contributed by atoms with Gasteiger partial charge in [0.2, 0.25) is 0 Å². The topological polar surface area (TPSA) is 20.2 Å². The van der Waals surface area contributed by atoms with Crippen molar-refractivity contribution < 1.29 is 5.11 Å². The van der Waals surface area contributed by atoms with Crippen molar-refractivity contribution in [2.45, 2.75) is 92.1 Å². The van der Waals surface area contributed by atoms with Crippen LogP contribution in [0.3, 0.4) is 0 Å². The van der Waals surface area contributed by atoms with Crippen LogP contribution in [0.25, 0.3) is 0 Å². The molecule has 1 unspecified atom stereocenters. The van der Waals surface area contributed by atoms with E-state index in [0.29, 0.717) is 17.3 Å². The molecule has 3 aliphatic rings. The molecule has 29 heavy (non-hydrogen) atoms. The lowest BCUT2D eigenvalue weighted by molar-refractivity contribution is 0.112. The van der Waals surface area contributed by atoms with Crippen molar-refractivity contribution in [3.8, 4) is 0 Å². The zero-order valence-corrected chi connectivity index (χ0v) is 19.6. The Kier molecular flexibility index (Phi) is 7.31. The first-order chi connectivity index (χ1) is 13.7. The summed E-state index contributed by atoms with van der Waals surface area (Å²) < 4.78 is 0. The SMILES string of the molecule is C=C1CC[C@H](O)C/C1=C/C=C1\CCCC2(C)[C@@H]([C@H](C)/C=C/[C@H](C)C(C)C)CC[C@@H]12. The highest BCUT2D eigenvalue weighted by Crippen LogP contribution is 2.59. The van der Waals surface area contributed by atoms with Gasteiger partial charge in [-0.25, -0.2) is 0 Å². The summed E-state index contributed by atoms with van der Waals surface area (Å²) >= 11 is 0. The molecular weight excluding hydrogens is 352 g/mol. The predicted octanol–water partition coefficient (Wildman–Crippen LogP) is 7.64. The molecule has 3 aliphatic carbocycles. The minimum absolute atomic E-state index is 0.182. The molecule has 162 valence electrons. The van der Waals surface area contributed by atoms with Gasteiger partial charge in [-0.2, -0.15) is 0 Å². The van der Waals surface area contributed by atoms with Gasteiger partial charge in [-0.15, -0.1) is 0 Å². The highest BCUT2D eigenvalue weighted by atomic mass is 16.3. The molecule has 0 heterocycles. The van der Waals surface area contributed by atoms with Crippen molar-refractivity contribution in [3.05, 3.63) is 47.6 Å². The molecule has 0 amide bonds. The summed E-state index contributed by atoms with van der Waals surface area (Å²) in [6.45, 7) is 16.3. The average Bonchev–Trinajstić information content (AvgIpc) is 3.04. The summed E-state index contributed by atoms with van der Waals surface area (Å²) in [5, 5.41) is 10.0. The van der Waals surface area contributed by atoms with Crippen molar-refractivity contribution in [3.63, 3.8) is 0 Å². The number of hydrogen-bond donors (Lipinski definition) is 1. The Bertz CT molecular complexity index is 678. The molecule has 0 aromatic heterocycles. The zero-order valence-electron chi connectivity index (χ0n) is 19.6. The molecule has 0 aromatic rings. The maximum absolute atomic E-state index is 10.0. The number of hydrogen-bond acceptors (Lipinski definition) is 1. The molecule has 0 bridgehead atoms. The number of rotatable bonds is 5. The van der Waals surface area contributed by atoms with E-state index in [1.54, 1.807) is 5.57 Å². The summed E-state index contributed by atoms with van der Waals surface area (Å²) in [4.78, 5) is 0. The van der Waals surface area contributed by atoms with Gasteiger partial charge in [0.15, 0.2) is 0 Å². The average molecular weight is 397 g/mol. The molecule has 3 saturated carbocycles. The first-order valence-corrected chi connectivity index (χ1v) is 12.2. The van der Waals surface area contributed by atoms with Crippen molar-refractivity contribution in [2.75, 3.05) is 0 Å². The van der Waals surface area contributed by atoms with Crippen molar-refractivity contribution in [2.24, 2.45) is 35.0 Å². The van der Waals surface area contributed by atoms with Gasteiger partial charge in [-0.05, 0) is 91.9 Å². The first kappa shape index (κ1) is 22.6. The van der Waals surface area contributed by atoms with Gasteiger partial charge >= 0.3 is 0 Å². The highest BCUT2D eigenvalue weighted by molar-refractivity contribution is 5.36. The van der Waals surface area contributed by atoms with Crippen LogP contribution in [0.1, 0.15) is 86.0 Å². The van der Waals surface area contributed by atoms with E-state index in [0.717, 1.165) is 37.0 Å². The number of aliphatic hydroxyl groups excluding tert-OH is 1. The highest BCUT2D eigenvalue weighted by Gasteiger charge is 2.50. The molecular formula is C28H44O. The van der Waals surface area contributed by atoms with Crippen LogP contribution in [0.4, 0.5) is 0 Å². The quantitative estimate of drug-likeness (QED) is 0.473. The normalized spacial score (nSPS) is 38.2. The van der Waals surface area contributed by atoms with Gasteiger partial charge in [0.25, 0.3) is 0 Å². The summed E-state index contributed by atoms with van der Waals surface area (Å²) in [6, 6.07) is 0. The van der Waals surface area contributed by atoms with E-state index in [-0.39, 0.29) is 6.10 Å². The molecule has 3 rings (SSSR count). The number of aliphatic hydroxyl groups is 1. The maximum atomic E-state index is 10.0. The molecule has 1 nitrogen and oxygen atoms in total. The van der Waals surface area contributed by atoms with E-state index in [1.807, 2.05) is 0 Å². The van der Waals surface area contributed by atoms with E-state index in [1.165, 1.54) is 43.3 Å². The third-order valence-electron chi connectivity index (χ3n) is 8.63. The van der Waals surface area contributed by atoms with Crippen molar-refractivity contribution >= 4 is 0 Å². The fraction of sp³-hybridized carbons (Fsp3) is 0.714. The van der Waals surface area contributed by atoms with Crippen LogP contribution >= 0.6 is 0 Å². The predicted molar refractivity (Wildman–Crippen MR) is 126 cm³/mol. The van der Waals surface area contributed by atoms with Gasteiger partial charge in [0, 0.05) is 0 Å². The summed E-state index contributed by atoms with van der Waals surface area (Å²) in [6.07, 6.45) is 18.8. The van der Waals surface area contributed by atoms with E-state index in [2.05, 4.69) is 65.5 Å². The fourth-order valence-corrected chi connectivity index (χ4v) is 6.25. The third kappa shape index (κ3) is 4.98. The van der Waals surface area contributed by atoms with Gasteiger partial charge in [0.1, 0.15) is 0 Å². The second kappa shape index (κ2) is 9.38. The Labute approximate surface area is 180 Å². The van der Waals surface area contributed by atoms with Crippen LogP contribution in [-0.4, -0.2) is 11.2 Å². The van der Waals surface area contributed by atoms with E-state index in [9.17, 15) is 5.11 Å². The lowest BCUT2D eigenvalue weighted by Crippen LogP contribution is -2.35. The molecule has 6 atom stereocenters. The molecule has 1 N–H and O–H groups in total. The van der Waals surface area contributed by atoms with Crippen LogP contribution in [0.15, 0.2) is 47.6 Å². The summed E-state index contributed by atoms with van der Waals surface area (Å²) in [5.41, 5.74) is 4.61. The second-order valence-electron chi connectivity index (χ2n) is 10.9. The van der Waals surface area contributed by atoms with Crippen LogP contribution in [0, 0.1) is 35.0 Å². The number of fused-ring (bicyclic) bond motifs is 1. The van der Waals surface area contributed by atoms with Crippen LogP contribution in [0.2, 0.25) is 0 Å². The molecule has 0 spiro atoms. The Morgan fingerprint density at radius 2 is 1.79 bits per heavy atom. The lowest BCUT2D eigenvalue weighted by atomic mass is 9.61. The van der Waals surface area contributed by atoms with E-state index < -0.39 is 0 Å². The monoisotopic (exact) mass is 396 g/mol. The smallest absolute Gasteiger partial charge is 0.0583 e. The molecule has 0 aromatic carbocycles. The first-order valence-electron chi connectivity index (χ1n) is 12.2. The van der Waals surface area contributed by atoms with Crippen LogP contribution in [-0.2, 0) is 0 Å². The largest absolute Gasteiger partial charge is 0.393 e. The molecule has 0 saturated heterocycles. The Balaban J connectivity index is 1.75. The Hall–Kier alpha value is -1.08. The molecule has 0 aliphatic heterocycles. The van der Waals surface area contributed by atoms with Crippen LogP contribution < -0.4 is 0 Å². The molecule has 3 fully saturated rings. The van der Waals surface area contributed by atoms with E-state index in [4.69, 9.17) is 0 Å². The van der Waals surface area contributed by atoms with Gasteiger partial charge < -0.3 is 5.11 Å². The van der Waals surface area contributed by atoms with Crippen molar-refractivity contribution in [1.82, 2.24) is 0 Å². The third-order valence-corrected chi connectivity index (χ3v) is 8.63. The minimum atomic E-state index is -0.182. The minimum Gasteiger partial charge on any atom is -0.393 e. The molecule has 1 heteroatoms. The van der Waals surface area contributed by atoms with Crippen molar-refractivity contribution in [1.29, 1.82) is 0 Å². The maximum Gasteiger partial charge on any atom is 0.0583 e. The zero-order chi connectivity index (χ0) is 21.2. The standard InChI is InChI=1S/C28H44O/c1-19(2)20(3)9-10-22(5)26-15-16-27-23(8-7-17-28(26,27)6)12-13-24-18-25(29)14-11-21(24)4/h9-10,12-13,19-20,22,25-27,29H,4,7-8,11,14-18H2,1-3,5-6H3/b10-9+,23-12+,24-13-/t20-,22+,25-,26+,27-,28?/m0/s1. The lowest BCUT2D eigenvalue weighted by Gasteiger charge is -2.44. The van der Waals surface area contributed by atoms with Gasteiger partial charge in [-0.3, -0.25) is 0 Å². The summed E-state index contributed by atoms with van der Waals surface area (Å²) in [7, 11) is 0. The van der Waals surface area contributed by atoms with Gasteiger partial charge in [-0.1, -0.05) is 76.6 Å². The van der Waals surface area contributed by atoms with Gasteiger partial charge in [0.05, 0.1) is 6.10 Å². The Morgan fingerprint density at radius 1 is 1.03 bits per heavy atom. The van der Waals surface area contributed by atoms with Crippen LogP contribution in [0.5, 0.6) is 0 Å². The second-order valence-corrected chi connectivity index (χ2v) is 10.9. The Morgan fingerprint density at radius 3 is 2.52 bits per heavy atom. The van der Waals surface area contributed by atoms with E-state index >= 15 is 0 Å². The fourth-order valence-electron chi connectivity index (χ4n) is 6.25. The molecule has 0 radical (unpaired) electrons. The summed E-state index contributed by atoms with van der Waals surface area (Å²) in [5.74, 6) is 3.58.